The molecule has 0 amide bonds. The minimum Gasteiger partial charge on any atom is -0.455 e. The highest BCUT2D eigenvalue weighted by Gasteiger charge is 2.09. The molecule has 0 atom stereocenters. The van der Waals surface area contributed by atoms with Gasteiger partial charge in [-0.2, -0.15) is 0 Å². The van der Waals surface area contributed by atoms with Gasteiger partial charge in [-0.05, 0) is 24.3 Å². The Morgan fingerprint density at radius 1 is 1.30 bits per heavy atom. The Balaban J connectivity index is 2.20. The quantitative estimate of drug-likeness (QED) is 0.899. The van der Waals surface area contributed by atoms with Crippen molar-refractivity contribution in [2.45, 2.75) is 26.4 Å². The van der Waals surface area contributed by atoms with Crippen molar-refractivity contribution in [2.24, 2.45) is 0 Å². The topological polar surface area (TPSA) is 34.2 Å². The Morgan fingerprint density at radius 3 is 2.80 bits per heavy atom. The maximum Gasteiger partial charge on any atom is 0.146 e. The van der Waals surface area contributed by atoms with Crippen LogP contribution < -0.4 is 10.1 Å². The lowest BCUT2D eigenvalue weighted by atomic mass is 10.2. The molecule has 0 saturated carbocycles. The summed E-state index contributed by atoms with van der Waals surface area (Å²) in [6, 6.07) is 6.17. The first-order valence-electron chi connectivity index (χ1n) is 6.35. The highest BCUT2D eigenvalue weighted by molar-refractivity contribution is 6.32. The van der Waals surface area contributed by atoms with Crippen LogP contribution in [-0.4, -0.2) is 11.0 Å². The third-order valence-electron chi connectivity index (χ3n) is 2.67. The summed E-state index contributed by atoms with van der Waals surface area (Å²) in [5, 5.41) is 3.54. The lowest BCUT2D eigenvalue weighted by Crippen LogP contribution is -2.22. The molecule has 3 nitrogen and oxygen atoms in total. The molecule has 1 aromatic carbocycles. The number of nitrogens with one attached hydrogen (secondary N) is 1. The maximum atomic E-state index is 13.0. The van der Waals surface area contributed by atoms with E-state index in [2.05, 4.69) is 24.1 Å². The molecular formula is C15H16ClFN2O. The molecule has 1 N–H and O–H groups in total. The molecule has 0 bridgehead atoms. The van der Waals surface area contributed by atoms with E-state index in [1.54, 1.807) is 18.5 Å². The number of ether oxygens (including phenoxy) is 1. The Bertz CT molecular complexity index is 590. The van der Waals surface area contributed by atoms with E-state index >= 15 is 0 Å². The number of aromatic nitrogens is 1. The Labute approximate surface area is 122 Å². The molecule has 0 aliphatic rings. The summed E-state index contributed by atoms with van der Waals surface area (Å²) in [5.41, 5.74) is 0.918. The molecule has 20 heavy (non-hydrogen) atoms. The zero-order valence-electron chi connectivity index (χ0n) is 11.4. The third-order valence-corrected chi connectivity index (χ3v) is 2.97. The van der Waals surface area contributed by atoms with Gasteiger partial charge in [0.1, 0.15) is 17.3 Å². The maximum absolute atomic E-state index is 13.0. The third kappa shape index (κ3) is 3.92. The number of benzene rings is 1. The van der Waals surface area contributed by atoms with Crippen molar-refractivity contribution in [2.75, 3.05) is 0 Å². The van der Waals surface area contributed by atoms with Gasteiger partial charge in [0.2, 0.25) is 0 Å². The van der Waals surface area contributed by atoms with Gasteiger partial charge in [0.25, 0.3) is 0 Å². The van der Waals surface area contributed by atoms with E-state index in [1.807, 2.05) is 0 Å². The van der Waals surface area contributed by atoms with Crippen molar-refractivity contribution < 1.29 is 9.13 Å². The number of halogens is 2. The second kappa shape index (κ2) is 6.68. The predicted octanol–water partition coefficient (Wildman–Crippen LogP) is 4.16. The molecule has 0 radical (unpaired) electrons. The normalized spacial score (nSPS) is 10.8. The highest BCUT2D eigenvalue weighted by atomic mass is 35.5. The van der Waals surface area contributed by atoms with Gasteiger partial charge in [0, 0.05) is 30.5 Å². The van der Waals surface area contributed by atoms with Crippen LogP contribution in [0.25, 0.3) is 0 Å². The Hall–Kier alpha value is -1.65. The molecule has 0 fully saturated rings. The second-order valence-electron chi connectivity index (χ2n) is 4.70. The number of rotatable bonds is 5. The summed E-state index contributed by atoms with van der Waals surface area (Å²) >= 11 is 5.96. The van der Waals surface area contributed by atoms with Crippen LogP contribution in [0.1, 0.15) is 19.4 Å². The molecule has 5 heteroatoms. The fraction of sp³-hybridized carbons (Fsp3) is 0.267. The van der Waals surface area contributed by atoms with Gasteiger partial charge in [0.15, 0.2) is 0 Å². The van der Waals surface area contributed by atoms with Gasteiger partial charge >= 0.3 is 0 Å². The standard InChI is InChI=1S/C15H16ClFN2O/c1-10(2)19-9-11-8-18-6-5-14(11)20-15-4-3-12(17)7-13(15)16/h3-8,10,19H,9H2,1-2H3. The summed E-state index contributed by atoms with van der Waals surface area (Å²) in [5.74, 6) is 0.686. The second-order valence-corrected chi connectivity index (χ2v) is 5.10. The van der Waals surface area contributed by atoms with Crippen molar-refractivity contribution in [3.8, 4) is 11.5 Å². The summed E-state index contributed by atoms with van der Waals surface area (Å²) < 4.78 is 18.8. The van der Waals surface area contributed by atoms with E-state index in [9.17, 15) is 4.39 Å². The molecule has 2 rings (SSSR count). The molecule has 0 aliphatic heterocycles. The Kier molecular flexibility index (Phi) is 4.93. The van der Waals surface area contributed by atoms with Crippen LogP contribution in [0.5, 0.6) is 11.5 Å². The van der Waals surface area contributed by atoms with Crippen LogP contribution in [0.15, 0.2) is 36.7 Å². The molecule has 1 heterocycles. The number of hydrogen-bond acceptors (Lipinski definition) is 3. The van der Waals surface area contributed by atoms with Crippen molar-refractivity contribution in [3.63, 3.8) is 0 Å². The minimum atomic E-state index is -0.390. The van der Waals surface area contributed by atoms with E-state index in [4.69, 9.17) is 16.3 Å². The van der Waals surface area contributed by atoms with Gasteiger partial charge in [-0.3, -0.25) is 4.98 Å². The summed E-state index contributed by atoms with van der Waals surface area (Å²) in [7, 11) is 0. The molecule has 2 aromatic rings. The molecular weight excluding hydrogens is 279 g/mol. The van der Waals surface area contributed by atoms with Gasteiger partial charge in [-0.1, -0.05) is 25.4 Å². The van der Waals surface area contributed by atoms with E-state index in [0.29, 0.717) is 24.1 Å². The van der Waals surface area contributed by atoms with Gasteiger partial charge in [-0.15, -0.1) is 0 Å². The van der Waals surface area contributed by atoms with Crippen LogP contribution in [0.3, 0.4) is 0 Å². The number of nitrogens with zero attached hydrogens (tertiary/aromatic N) is 1. The van der Waals surface area contributed by atoms with Crippen molar-refractivity contribution in [1.29, 1.82) is 0 Å². The van der Waals surface area contributed by atoms with E-state index in [-0.39, 0.29) is 5.02 Å². The summed E-state index contributed by atoms with van der Waals surface area (Å²) in [6.07, 6.45) is 3.38. The highest BCUT2D eigenvalue weighted by Crippen LogP contribution is 2.31. The molecule has 0 spiro atoms. The first kappa shape index (κ1) is 14.8. The smallest absolute Gasteiger partial charge is 0.146 e. The van der Waals surface area contributed by atoms with Crippen LogP contribution in [0.2, 0.25) is 5.02 Å². The first-order valence-corrected chi connectivity index (χ1v) is 6.73. The fourth-order valence-electron chi connectivity index (χ4n) is 1.64. The zero-order chi connectivity index (χ0) is 14.5. The number of pyridine rings is 1. The van der Waals surface area contributed by atoms with Gasteiger partial charge < -0.3 is 10.1 Å². The summed E-state index contributed by atoms with van der Waals surface area (Å²) in [6.45, 7) is 4.77. The van der Waals surface area contributed by atoms with Crippen LogP contribution >= 0.6 is 11.6 Å². The summed E-state index contributed by atoms with van der Waals surface area (Å²) in [4.78, 5) is 4.09. The lowest BCUT2D eigenvalue weighted by molar-refractivity contribution is 0.467. The van der Waals surface area contributed by atoms with Gasteiger partial charge in [-0.25, -0.2) is 4.39 Å². The predicted molar refractivity (Wildman–Crippen MR) is 77.7 cm³/mol. The van der Waals surface area contributed by atoms with Crippen molar-refractivity contribution in [1.82, 2.24) is 10.3 Å². The van der Waals surface area contributed by atoms with E-state index in [1.165, 1.54) is 18.2 Å². The largest absolute Gasteiger partial charge is 0.455 e. The van der Waals surface area contributed by atoms with Gasteiger partial charge in [0.05, 0.1) is 5.02 Å². The molecule has 0 aliphatic carbocycles. The lowest BCUT2D eigenvalue weighted by Gasteiger charge is -2.13. The zero-order valence-corrected chi connectivity index (χ0v) is 12.1. The molecule has 0 unspecified atom stereocenters. The van der Waals surface area contributed by atoms with E-state index < -0.39 is 5.82 Å². The Morgan fingerprint density at radius 2 is 2.10 bits per heavy atom. The number of hydrogen-bond donors (Lipinski definition) is 1. The van der Waals surface area contributed by atoms with Crippen LogP contribution in [0.4, 0.5) is 4.39 Å². The monoisotopic (exact) mass is 294 g/mol. The average Bonchev–Trinajstić information content (AvgIpc) is 2.41. The first-order chi connectivity index (χ1) is 9.56. The SMILES string of the molecule is CC(C)NCc1cnccc1Oc1ccc(F)cc1Cl. The average molecular weight is 295 g/mol. The van der Waals surface area contributed by atoms with Crippen molar-refractivity contribution in [3.05, 3.63) is 53.1 Å². The molecule has 0 saturated heterocycles. The molecule has 106 valence electrons. The van der Waals surface area contributed by atoms with Crippen LogP contribution in [-0.2, 0) is 6.54 Å². The fourth-order valence-corrected chi connectivity index (χ4v) is 1.84. The molecule has 1 aromatic heterocycles. The van der Waals surface area contributed by atoms with Crippen LogP contribution in [0, 0.1) is 5.82 Å². The minimum absolute atomic E-state index is 0.240. The van der Waals surface area contributed by atoms with E-state index in [0.717, 1.165) is 5.56 Å². The van der Waals surface area contributed by atoms with Crippen molar-refractivity contribution >= 4 is 11.6 Å².